The molecule has 3 N–H and O–H groups in total. The van der Waals surface area contributed by atoms with Gasteiger partial charge in [0.2, 0.25) is 11.8 Å². The first-order chi connectivity index (χ1) is 9.61. The van der Waals surface area contributed by atoms with E-state index in [2.05, 4.69) is 22.9 Å². The van der Waals surface area contributed by atoms with Gasteiger partial charge in [-0.05, 0) is 30.7 Å². The standard InChI is InChI=1S/C15H23N3O2.ClH/c1-3-8-16-9-10-17-15(20)11-13-4-6-14(7-5-13)18-12(2)19;/h4-7,16H,3,8-11H2,1-2H3,(H,17,20)(H,18,19);1H. The minimum atomic E-state index is -0.102. The first-order valence-corrected chi connectivity index (χ1v) is 6.95. The molecule has 0 atom stereocenters. The lowest BCUT2D eigenvalue weighted by Crippen LogP contribution is -2.32. The molecule has 1 rings (SSSR count). The summed E-state index contributed by atoms with van der Waals surface area (Å²) in [6.07, 6.45) is 1.45. The Morgan fingerprint density at radius 1 is 1.05 bits per heavy atom. The van der Waals surface area contributed by atoms with E-state index in [0.29, 0.717) is 13.0 Å². The van der Waals surface area contributed by atoms with Gasteiger partial charge in [0.25, 0.3) is 0 Å². The van der Waals surface area contributed by atoms with E-state index in [9.17, 15) is 9.59 Å². The van der Waals surface area contributed by atoms with Crippen molar-refractivity contribution in [1.82, 2.24) is 10.6 Å². The predicted octanol–water partition coefficient (Wildman–Crippen LogP) is 1.73. The van der Waals surface area contributed by atoms with E-state index < -0.39 is 0 Å². The topological polar surface area (TPSA) is 70.2 Å². The van der Waals surface area contributed by atoms with E-state index in [1.807, 2.05) is 12.1 Å². The Balaban J connectivity index is 0.00000400. The Hall–Kier alpha value is -1.59. The number of halogens is 1. The first kappa shape index (κ1) is 19.4. The van der Waals surface area contributed by atoms with Crippen molar-refractivity contribution < 1.29 is 9.59 Å². The van der Waals surface area contributed by atoms with Crippen LogP contribution in [0.3, 0.4) is 0 Å². The zero-order valence-corrected chi connectivity index (χ0v) is 13.4. The average Bonchev–Trinajstić information content (AvgIpc) is 2.40. The molecule has 21 heavy (non-hydrogen) atoms. The second-order valence-corrected chi connectivity index (χ2v) is 4.65. The third-order valence-electron chi connectivity index (χ3n) is 2.69. The van der Waals surface area contributed by atoms with Crippen LogP contribution < -0.4 is 16.0 Å². The summed E-state index contributed by atoms with van der Waals surface area (Å²) < 4.78 is 0. The highest BCUT2D eigenvalue weighted by Crippen LogP contribution is 2.09. The number of hydrogen-bond acceptors (Lipinski definition) is 3. The Labute approximate surface area is 132 Å². The van der Waals surface area contributed by atoms with Crippen molar-refractivity contribution in [2.75, 3.05) is 25.0 Å². The SMILES string of the molecule is CCCNCCNC(=O)Cc1ccc(NC(C)=O)cc1.Cl. The highest BCUT2D eigenvalue weighted by atomic mass is 35.5. The largest absolute Gasteiger partial charge is 0.355 e. The molecule has 0 aliphatic rings. The minimum absolute atomic E-state index is 0. The number of rotatable bonds is 8. The maximum atomic E-state index is 11.7. The Morgan fingerprint density at radius 2 is 1.71 bits per heavy atom. The van der Waals surface area contributed by atoms with Crippen LogP contribution in [0.15, 0.2) is 24.3 Å². The summed E-state index contributed by atoms with van der Waals surface area (Å²) in [5.74, 6) is -0.0920. The third kappa shape index (κ3) is 9.05. The molecule has 1 aromatic rings. The molecule has 0 unspecified atom stereocenters. The van der Waals surface area contributed by atoms with E-state index >= 15 is 0 Å². The number of carbonyl (C=O) groups is 2. The van der Waals surface area contributed by atoms with E-state index in [0.717, 1.165) is 30.8 Å². The van der Waals surface area contributed by atoms with Gasteiger partial charge in [-0.25, -0.2) is 0 Å². The van der Waals surface area contributed by atoms with Crippen LogP contribution in [0.1, 0.15) is 25.8 Å². The van der Waals surface area contributed by atoms with Crippen LogP contribution in [0.2, 0.25) is 0 Å². The summed E-state index contributed by atoms with van der Waals surface area (Å²) in [5.41, 5.74) is 1.67. The van der Waals surface area contributed by atoms with Crippen molar-refractivity contribution >= 4 is 29.9 Å². The number of nitrogens with one attached hydrogen (secondary N) is 3. The van der Waals surface area contributed by atoms with Gasteiger partial charge >= 0.3 is 0 Å². The highest BCUT2D eigenvalue weighted by molar-refractivity contribution is 5.88. The van der Waals surface area contributed by atoms with Crippen molar-refractivity contribution in [2.45, 2.75) is 26.7 Å². The van der Waals surface area contributed by atoms with Crippen molar-refractivity contribution in [2.24, 2.45) is 0 Å². The lowest BCUT2D eigenvalue weighted by atomic mass is 10.1. The molecule has 0 aliphatic carbocycles. The summed E-state index contributed by atoms with van der Waals surface area (Å²) in [6.45, 7) is 5.98. The second-order valence-electron chi connectivity index (χ2n) is 4.65. The minimum Gasteiger partial charge on any atom is -0.355 e. The maximum Gasteiger partial charge on any atom is 0.224 e. The quantitative estimate of drug-likeness (QED) is 0.640. The van der Waals surface area contributed by atoms with Gasteiger partial charge in [-0.1, -0.05) is 19.1 Å². The van der Waals surface area contributed by atoms with Crippen LogP contribution in [0.5, 0.6) is 0 Å². The van der Waals surface area contributed by atoms with Crippen molar-refractivity contribution in [3.63, 3.8) is 0 Å². The van der Waals surface area contributed by atoms with Crippen LogP contribution in [-0.2, 0) is 16.0 Å². The summed E-state index contributed by atoms with van der Waals surface area (Å²) in [5, 5.41) is 8.78. The summed E-state index contributed by atoms with van der Waals surface area (Å²) in [6, 6.07) is 7.29. The molecule has 118 valence electrons. The van der Waals surface area contributed by atoms with Crippen LogP contribution in [0.25, 0.3) is 0 Å². The third-order valence-corrected chi connectivity index (χ3v) is 2.69. The van der Waals surface area contributed by atoms with E-state index in [4.69, 9.17) is 0 Å². The molecule has 0 spiro atoms. The van der Waals surface area contributed by atoms with Gasteiger partial charge in [-0.2, -0.15) is 0 Å². The molecule has 2 amide bonds. The Kier molecular flexibility index (Phi) is 10.3. The molecule has 0 fully saturated rings. The smallest absolute Gasteiger partial charge is 0.224 e. The van der Waals surface area contributed by atoms with Gasteiger partial charge in [0.05, 0.1) is 6.42 Å². The molecular weight excluding hydrogens is 290 g/mol. The number of benzene rings is 1. The summed E-state index contributed by atoms with van der Waals surface area (Å²) in [7, 11) is 0. The number of anilines is 1. The fraction of sp³-hybridized carbons (Fsp3) is 0.467. The monoisotopic (exact) mass is 313 g/mol. The zero-order valence-electron chi connectivity index (χ0n) is 12.6. The molecule has 0 aliphatic heterocycles. The van der Waals surface area contributed by atoms with E-state index in [1.165, 1.54) is 6.92 Å². The maximum absolute atomic E-state index is 11.7. The molecule has 1 aromatic carbocycles. The van der Waals surface area contributed by atoms with Gasteiger partial charge < -0.3 is 16.0 Å². The predicted molar refractivity (Wildman–Crippen MR) is 87.9 cm³/mol. The van der Waals surface area contributed by atoms with Gasteiger partial charge in [0.15, 0.2) is 0 Å². The molecule has 0 aromatic heterocycles. The molecule has 5 nitrogen and oxygen atoms in total. The van der Waals surface area contributed by atoms with Crippen molar-refractivity contribution in [1.29, 1.82) is 0 Å². The van der Waals surface area contributed by atoms with Gasteiger partial charge in [0.1, 0.15) is 0 Å². The van der Waals surface area contributed by atoms with Gasteiger partial charge in [0, 0.05) is 25.7 Å². The number of amides is 2. The zero-order chi connectivity index (χ0) is 14.8. The van der Waals surface area contributed by atoms with Crippen molar-refractivity contribution in [3.8, 4) is 0 Å². The lowest BCUT2D eigenvalue weighted by Gasteiger charge is -2.07. The number of carbonyl (C=O) groups excluding carboxylic acids is 2. The van der Waals surface area contributed by atoms with Crippen LogP contribution in [0.4, 0.5) is 5.69 Å². The fourth-order valence-electron chi connectivity index (χ4n) is 1.75. The lowest BCUT2D eigenvalue weighted by molar-refractivity contribution is -0.120. The normalized spacial score (nSPS) is 9.62. The molecule has 0 saturated heterocycles. The second kappa shape index (κ2) is 11.1. The van der Waals surface area contributed by atoms with Crippen LogP contribution >= 0.6 is 12.4 Å². The molecule has 0 heterocycles. The Morgan fingerprint density at radius 3 is 2.29 bits per heavy atom. The van der Waals surface area contributed by atoms with E-state index in [-0.39, 0.29) is 24.2 Å². The van der Waals surface area contributed by atoms with E-state index in [1.54, 1.807) is 12.1 Å². The fourth-order valence-corrected chi connectivity index (χ4v) is 1.75. The molecular formula is C15H24ClN3O2. The summed E-state index contributed by atoms with van der Waals surface area (Å²) >= 11 is 0. The highest BCUT2D eigenvalue weighted by Gasteiger charge is 2.03. The van der Waals surface area contributed by atoms with Crippen LogP contribution in [-0.4, -0.2) is 31.4 Å². The summed E-state index contributed by atoms with van der Waals surface area (Å²) in [4.78, 5) is 22.6. The van der Waals surface area contributed by atoms with Gasteiger partial charge in [-0.15, -0.1) is 12.4 Å². The number of hydrogen-bond donors (Lipinski definition) is 3. The van der Waals surface area contributed by atoms with Crippen molar-refractivity contribution in [3.05, 3.63) is 29.8 Å². The average molecular weight is 314 g/mol. The molecule has 0 radical (unpaired) electrons. The molecule has 0 bridgehead atoms. The Bertz CT molecular complexity index is 435. The molecule has 6 heteroatoms. The van der Waals surface area contributed by atoms with Crippen LogP contribution in [0, 0.1) is 0 Å². The van der Waals surface area contributed by atoms with Gasteiger partial charge in [-0.3, -0.25) is 9.59 Å². The first-order valence-electron chi connectivity index (χ1n) is 6.95. The molecule has 0 saturated carbocycles.